The van der Waals surface area contributed by atoms with Gasteiger partial charge in [-0.15, -0.1) is 0 Å². The number of H-pyrrole nitrogens is 1. The lowest BCUT2D eigenvalue weighted by molar-refractivity contribution is -0.161. The lowest BCUT2D eigenvalue weighted by Crippen LogP contribution is -2.46. The maximum Gasteiger partial charge on any atom is 0.163 e. The van der Waals surface area contributed by atoms with E-state index in [1.165, 1.54) is 36.0 Å². The van der Waals surface area contributed by atoms with Gasteiger partial charge in [-0.2, -0.15) is 0 Å². The van der Waals surface area contributed by atoms with Crippen LogP contribution < -0.4 is 10.1 Å². The number of benzene rings is 2. The highest BCUT2D eigenvalue weighted by molar-refractivity contribution is 5.87. The van der Waals surface area contributed by atoms with E-state index in [2.05, 4.69) is 102 Å². The first kappa shape index (κ1) is 35.1. The standard InChI is InChI=1S/C42H55N7O3/c1-25-17-31(50-8)12-10-27(25)22-43-39-32-15-16-49(40(32)45-24-44-39)35-20-28(37-38(35)52-42(5,6)51-37)23-48(7)30-18-26(19-30)9-14-36-46-33-13-11-29(41(2,3)4)21-34(33)47-36/h10-13,15-17,21,24,26,28,30,35,37-38H,9,14,18-20,22-23H2,1-8H3,(H,46,47)(H,43,44,45)/t26?,28-,30?,35-,37-,38+/m1/s1. The summed E-state index contributed by atoms with van der Waals surface area (Å²) in [5.41, 5.74) is 6.99. The number of imidazole rings is 1. The van der Waals surface area contributed by atoms with Crippen molar-refractivity contribution in [3.63, 3.8) is 0 Å². The third kappa shape index (κ3) is 6.81. The largest absolute Gasteiger partial charge is 0.497 e. The Balaban J connectivity index is 0.899. The molecule has 2 N–H and O–H groups in total. The number of aryl methyl sites for hydroxylation is 2. The van der Waals surface area contributed by atoms with E-state index in [1.807, 2.05) is 19.9 Å². The fourth-order valence-electron chi connectivity index (χ4n) is 8.86. The quantitative estimate of drug-likeness (QED) is 0.143. The number of fused-ring (bicyclic) bond motifs is 3. The zero-order chi connectivity index (χ0) is 36.4. The summed E-state index contributed by atoms with van der Waals surface area (Å²) in [6.07, 6.45) is 9.48. The van der Waals surface area contributed by atoms with Crippen LogP contribution in [0.1, 0.15) is 88.9 Å². The predicted octanol–water partition coefficient (Wildman–Crippen LogP) is 7.96. The van der Waals surface area contributed by atoms with Gasteiger partial charge < -0.3 is 34.0 Å². The summed E-state index contributed by atoms with van der Waals surface area (Å²) in [7, 11) is 4.00. The van der Waals surface area contributed by atoms with Gasteiger partial charge in [0.15, 0.2) is 5.79 Å². The molecule has 1 aliphatic heterocycles. The highest BCUT2D eigenvalue weighted by Crippen LogP contribution is 2.48. The van der Waals surface area contributed by atoms with Gasteiger partial charge in [0.25, 0.3) is 0 Å². The van der Waals surface area contributed by atoms with E-state index in [0.29, 0.717) is 18.5 Å². The molecule has 3 aliphatic rings. The molecule has 52 heavy (non-hydrogen) atoms. The molecule has 276 valence electrons. The SMILES string of the molecule is COc1ccc(CNc2ncnc3c2ccn3[C@@H]2C[C@H](CN(C)C3CC(CCc4nc5cc(C(C)(C)C)ccc5[nH]4)C3)[C@H]3OC(C)(C)O[C@H]32)c(C)c1. The summed E-state index contributed by atoms with van der Waals surface area (Å²) in [6, 6.07) is 15.7. The van der Waals surface area contributed by atoms with E-state index >= 15 is 0 Å². The minimum atomic E-state index is -0.613. The summed E-state index contributed by atoms with van der Waals surface area (Å²) in [6.45, 7) is 14.6. The summed E-state index contributed by atoms with van der Waals surface area (Å²) >= 11 is 0. The van der Waals surface area contributed by atoms with Crippen molar-refractivity contribution in [1.82, 2.24) is 29.4 Å². The van der Waals surface area contributed by atoms with Gasteiger partial charge in [-0.3, -0.25) is 0 Å². The maximum absolute atomic E-state index is 6.63. The van der Waals surface area contributed by atoms with Crippen molar-refractivity contribution in [1.29, 1.82) is 0 Å². The maximum atomic E-state index is 6.63. The smallest absolute Gasteiger partial charge is 0.163 e. The molecule has 0 bridgehead atoms. The van der Waals surface area contributed by atoms with Crippen LogP contribution >= 0.6 is 0 Å². The molecule has 8 rings (SSSR count). The summed E-state index contributed by atoms with van der Waals surface area (Å²) < 4.78 is 21.0. The third-order valence-electron chi connectivity index (χ3n) is 12.0. The van der Waals surface area contributed by atoms with Crippen molar-refractivity contribution in [3.05, 3.63) is 77.5 Å². The zero-order valence-electron chi connectivity index (χ0n) is 32.1. The second kappa shape index (κ2) is 13.5. The van der Waals surface area contributed by atoms with Crippen molar-refractivity contribution in [3.8, 4) is 5.75 Å². The van der Waals surface area contributed by atoms with Crippen LogP contribution in [0.15, 0.2) is 55.0 Å². The third-order valence-corrected chi connectivity index (χ3v) is 12.0. The number of nitrogens with zero attached hydrogens (tertiary/aromatic N) is 5. The van der Waals surface area contributed by atoms with Crippen LogP contribution in [-0.4, -0.2) is 74.1 Å². The minimum absolute atomic E-state index is 0.0326. The van der Waals surface area contributed by atoms with Crippen molar-refractivity contribution in [2.75, 3.05) is 26.0 Å². The highest BCUT2D eigenvalue weighted by Gasteiger charge is 2.55. The van der Waals surface area contributed by atoms with E-state index in [-0.39, 0.29) is 23.7 Å². The summed E-state index contributed by atoms with van der Waals surface area (Å²) in [5, 5.41) is 4.58. The number of aromatic nitrogens is 5. The molecule has 0 unspecified atom stereocenters. The van der Waals surface area contributed by atoms with Gasteiger partial charge in [-0.1, -0.05) is 32.9 Å². The Kier molecular flexibility index (Phi) is 9.07. The van der Waals surface area contributed by atoms with Crippen LogP contribution in [0, 0.1) is 18.8 Å². The lowest BCUT2D eigenvalue weighted by Gasteiger charge is -2.42. The van der Waals surface area contributed by atoms with E-state index in [4.69, 9.17) is 24.2 Å². The molecule has 0 radical (unpaired) electrons. The van der Waals surface area contributed by atoms with Crippen molar-refractivity contribution < 1.29 is 14.2 Å². The van der Waals surface area contributed by atoms with E-state index in [0.717, 1.165) is 64.8 Å². The van der Waals surface area contributed by atoms with Gasteiger partial charge in [0.2, 0.25) is 0 Å². The second-order valence-electron chi connectivity index (χ2n) is 17.1. The number of anilines is 1. The Morgan fingerprint density at radius 2 is 1.85 bits per heavy atom. The molecule has 3 fully saturated rings. The van der Waals surface area contributed by atoms with Gasteiger partial charge in [0.1, 0.15) is 35.5 Å². The molecule has 1 saturated heterocycles. The van der Waals surface area contributed by atoms with Crippen LogP contribution in [0.4, 0.5) is 5.82 Å². The number of hydrogen-bond acceptors (Lipinski definition) is 8. The Hall–Kier alpha value is -3.99. The second-order valence-corrected chi connectivity index (χ2v) is 17.1. The fraction of sp³-hybridized carbons (Fsp3) is 0.548. The molecule has 2 aromatic carbocycles. The van der Waals surface area contributed by atoms with Crippen molar-refractivity contribution in [2.45, 2.75) is 116 Å². The molecule has 5 aromatic rings. The van der Waals surface area contributed by atoms with Gasteiger partial charge in [0.05, 0.1) is 35.7 Å². The molecule has 4 atom stereocenters. The Bertz CT molecular complexity index is 2060. The molecule has 10 heteroatoms. The number of nitrogens with one attached hydrogen (secondary N) is 2. The number of aromatic amines is 1. The summed E-state index contributed by atoms with van der Waals surface area (Å²) in [5.74, 6) is 3.30. The van der Waals surface area contributed by atoms with E-state index in [9.17, 15) is 0 Å². The van der Waals surface area contributed by atoms with Gasteiger partial charge >= 0.3 is 0 Å². The van der Waals surface area contributed by atoms with Crippen LogP contribution in [0.2, 0.25) is 0 Å². The number of methoxy groups -OCH3 is 1. The first-order valence-electron chi connectivity index (χ1n) is 19.1. The molecule has 4 heterocycles. The van der Waals surface area contributed by atoms with E-state index < -0.39 is 5.79 Å². The molecule has 0 spiro atoms. The van der Waals surface area contributed by atoms with Crippen LogP contribution in [0.25, 0.3) is 22.1 Å². The molecule has 10 nitrogen and oxygen atoms in total. The number of hydrogen-bond donors (Lipinski definition) is 2. The first-order chi connectivity index (χ1) is 24.8. The van der Waals surface area contributed by atoms with Gasteiger partial charge in [-0.25, -0.2) is 15.0 Å². The Labute approximate surface area is 307 Å². The highest BCUT2D eigenvalue weighted by atomic mass is 16.8. The number of rotatable bonds is 11. The molecular formula is C42H55N7O3. The number of ether oxygens (including phenoxy) is 3. The molecule has 3 aromatic heterocycles. The van der Waals surface area contributed by atoms with Crippen LogP contribution in [-0.2, 0) is 27.9 Å². The van der Waals surface area contributed by atoms with Crippen LogP contribution in [0.3, 0.4) is 0 Å². The van der Waals surface area contributed by atoms with Gasteiger partial charge in [0, 0.05) is 37.7 Å². The monoisotopic (exact) mass is 705 g/mol. The fourth-order valence-corrected chi connectivity index (χ4v) is 8.86. The normalized spacial score (nSPS) is 25.6. The average molecular weight is 706 g/mol. The zero-order valence-corrected chi connectivity index (χ0v) is 32.1. The summed E-state index contributed by atoms with van der Waals surface area (Å²) in [4.78, 5) is 20.5. The topological polar surface area (TPSA) is 102 Å². The van der Waals surface area contributed by atoms with Gasteiger partial charge in [-0.05, 0) is 112 Å². The van der Waals surface area contributed by atoms with Crippen molar-refractivity contribution >= 4 is 27.9 Å². The molecule has 2 saturated carbocycles. The Morgan fingerprint density at radius 1 is 1.04 bits per heavy atom. The molecular weight excluding hydrogens is 651 g/mol. The molecule has 0 amide bonds. The lowest BCUT2D eigenvalue weighted by atomic mass is 9.76. The van der Waals surface area contributed by atoms with Crippen molar-refractivity contribution in [2.24, 2.45) is 11.8 Å². The Morgan fingerprint density at radius 3 is 2.62 bits per heavy atom. The van der Waals surface area contributed by atoms with E-state index in [1.54, 1.807) is 13.4 Å². The minimum Gasteiger partial charge on any atom is -0.497 e. The predicted molar refractivity (Wildman–Crippen MR) is 206 cm³/mol. The molecule has 2 aliphatic carbocycles. The average Bonchev–Trinajstić information content (AvgIpc) is 3.84. The first-order valence-corrected chi connectivity index (χ1v) is 19.1. The van der Waals surface area contributed by atoms with Crippen LogP contribution in [0.5, 0.6) is 5.75 Å².